The van der Waals surface area contributed by atoms with Crippen LogP contribution < -0.4 is 5.73 Å². The quantitative estimate of drug-likeness (QED) is 0.915. The van der Waals surface area contributed by atoms with Crippen molar-refractivity contribution in [3.8, 4) is 5.69 Å². The molecule has 18 heavy (non-hydrogen) atoms. The molecule has 4 heteroatoms. The lowest BCUT2D eigenvalue weighted by Gasteiger charge is -2.07. The molecule has 3 nitrogen and oxygen atoms in total. The van der Waals surface area contributed by atoms with Gasteiger partial charge in [0.1, 0.15) is 5.82 Å². The molecule has 3 rings (SSSR count). The SMILES string of the molecule is Nc1cc(C2CCCC2)nn1-c1ccccc1Br. The van der Waals surface area contributed by atoms with Gasteiger partial charge in [-0.3, -0.25) is 0 Å². The molecule has 2 N–H and O–H groups in total. The molecule has 0 atom stereocenters. The van der Waals surface area contributed by atoms with E-state index in [0.717, 1.165) is 15.9 Å². The number of nitrogen functional groups attached to an aromatic ring is 1. The van der Waals surface area contributed by atoms with E-state index in [9.17, 15) is 0 Å². The summed E-state index contributed by atoms with van der Waals surface area (Å²) in [5, 5.41) is 4.68. The van der Waals surface area contributed by atoms with Crippen molar-refractivity contribution >= 4 is 21.7 Å². The lowest BCUT2D eigenvalue weighted by atomic mass is 10.1. The van der Waals surface area contributed by atoms with Crippen molar-refractivity contribution in [1.82, 2.24) is 9.78 Å². The fourth-order valence-corrected chi connectivity index (χ4v) is 3.11. The molecule has 0 amide bonds. The maximum atomic E-state index is 6.09. The van der Waals surface area contributed by atoms with Crippen molar-refractivity contribution in [2.24, 2.45) is 0 Å². The smallest absolute Gasteiger partial charge is 0.127 e. The number of benzene rings is 1. The molecule has 1 aromatic heterocycles. The van der Waals surface area contributed by atoms with E-state index in [1.54, 1.807) is 0 Å². The van der Waals surface area contributed by atoms with Gasteiger partial charge in [-0.1, -0.05) is 25.0 Å². The van der Waals surface area contributed by atoms with Crippen LogP contribution in [0.3, 0.4) is 0 Å². The highest BCUT2D eigenvalue weighted by Gasteiger charge is 2.21. The Hall–Kier alpha value is -1.29. The topological polar surface area (TPSA) is 43.8 Å². The fraction of sp³-hybridized carbons (Fsp3) is 0.357. The first-order chi connectivity index (χ1) is 8.75. The van der Waals surface area contributed by atoms with Gasteiger partial charge in [0.2, 0.25) is 0 Å². The van der Waals surface area contributed by atoms with Crippen LogP contribution in [0.25, 0.3) is 5.69 Å². The molecule has 1 aliphatic rings. The van der Waals surface area contributed by atoms with Gasteiger partial charge in [0.05, 0.1) is 11.4 Å². The summed E-state index contributed by atoms with van der Waals surface area (Å²) in [5.41, 5.74) is 8.23. The number of aromatic nitrogens is 2. The number of anilines is 1. The van der Waals surface area contributed by atoms with E-state index in [-0.39, 0.29) is 0 Å². The first-order valence-corrected chi connectivity index (χ1v) is 7.15. The summed E-state index contributed by atoms with van der Waals surface area (Å²) in [4.78, 5) is 0. The van der Waals surface area contributed by atoms with E-state index in [4.69, 9.17) is 5.73 Å². The van der Waals surface area contributed by atoms with E-state index < -0.39 is 0 Å². The van der Waals surface area contributed by atoms with Gasteiger partial charge >= 0.3 is 0 Å². The molecular formula is C14H16BrN3. The second-order valence-electron chi connectivity index (χ2n) is 4.84. The Kier molecular flexibility index (Phi) is 3.12. The van der Waals surface area contributed by atoms with Crippen molar-refractivity contribution in [2.75, 3.05) is 5.73 Å². The molecule has 1 aromatic carbocycles. The Morgan fingerprint density at radius 1 is 1.22 bits per heavy atom. The zero-order valence-electron chi connectivity index (χ0n) is 10.1. The minimum absolute atomic E-state index is 0.594. The second kappa shape index (κ2) is 4.76. The lowest BCUT2D eigenvalue weighted by Crippen LogP contribution is -2.03. The van der Waals surface area contributed by atoms with Crippen molar-refractivity contribution < 1.29 is 0 Å². The molecule has 94 valence electrons. The second-order valence-corrected chi connectivity index (χ2v) is 5.69. The predicted octanol–water partition coefficient (Wildman–Crippen LogP) is 3.87. The summed E-state index contributed by atoms with van der Waals surface area (Å²) in [6.07, 6.45) is 5.11. The summed E-state index contributed by atoms with van der Waals surface area (Å²) in [6.45, 7) is 0. The highest BCUT2D eigenvalue weighted by Crippen LogP contribution is 2.35. The van der Waals surface area contributed by atoms with Crippen molar-refractivity contribution in [2.45, 2.75) is 31.6 Å². The number of hydrogen-bond donors (Lipinski definition) is 1. The maximum absolute atomic E-state index is 6.09. The molecule has 1 saturated carbocycles. The minimum Gasteiger partial charge on any atom is -0.384 e. The molecule has 1 heterocycles. The Morgan fingerprint density at radius 3 is 2.67 bits per heavy atom. The van der Waals surface area contributed by atoms with Crippen LogP contribution in [0.4, 0.5) is 5.82 Å². The molecule has 0 saturated heterocycles. The fourth-order valence-electron chi connectivity index (χ4n) is 2.65. The molecule has 2 aromatic rings. The third-order valence-corrected chi connectivity index (χ3v) is 4.28. The Labute approximate surface area is 115 Å². The van der Waals surface area contributed by atoms with Gasteiger partial charge in [-0.05, 0) is 40.9 Å². The van der Waals surface area contributed by atoms with Crippen LogP contribution >= 0.6 is 15.9 Å². The van der Waals surface area contributed by atoms with Crippen LogP contribution in [0.1, 0.15) is 37.3 Å². The molecular weight excluding hydrogens is 290 g/mol. The maximum Gasteiger partial charge on any atom is 0.127 e. The summed E-state index contributed by atoms with van der Waals surface area (Å²) in [5.74, 6) is 1.31. The van der Waals surface area contributed by atoms with Gasteiger partial charge in [0, 0.05) is 16.5 Å². The van der Waals surface area contributed by atoms with Crippen LogP contribution in [0.15, 0.2) is 34.8 Å². The van der Waals surface area contributed by atoms with E-state index in [1.807, 2.05) is 35.0 Å². The lowest BCUT2D eigenvalue weighted by molar-refractivity contribution is 0.679. The minimum atomic E-state index is 0.594. The van der Waals surface area contributed by atoms with Gasteiger partial charge in [0.15, 0.2) is 0 Å². The summed E-state index contributed by atoms with van der Waals surface area (Å²) < 4.78 is 2.84. The summed E-state index contributed by atoms with van der Waals surface area (Å²) in [7, 11) is 0. The number of hydrogen-bond acceptors (Lipinski definition) is 2. The van der Waals surface area contributed by atoms with Gasteiger partial charge in [-0.15, -0.1) is 0 Å². The normalized spacial score (nSPS) is 16.3. The average molecular weight is 306 g/mol. The van der Waals surface area contributed by atoms with Crippen LogP contribution in [-0.2, 0) is 0 Å². The molecule has 1 fully saturated rings. The van der Waals surface area contributed by atoms with Crippen molar-refractivity contribution in [3.63, 3.8) is 0 Å². The highest BCUT2D eigenvalue weighted by molar-refractivity contribution is 9.10. The van der Waals surface area contributed by atoms with Gasteiger partial charge in [-0.25, -0.2) is 4.68 Å². The zero-order chi connectivity index (χ0) is 12.5. The number of nitrogens with two attached hydrogens (primary N) is 1. The molecule has 0 aliphatic heterocycles. The number of para-hydroxylation sites is 1. The zero-order valence-corrected chi connectivity index (χ0v) is 11.7. The number of rotatable bonds is 2. The van der Waals surface area contributed by atoms with Crippen molar-refractivity contribution in [3.05, 3.63) is 40.5 Å². The van der Waals surface area contributed by atoms with Crippen LogP contribution in [0.2, 0.25) is 0 Å². The van der Waals surface area contributed by atoms with Gasteiger partial charge in [-0.2, -0.15) is 5.10 Å². The third kappa shape index (κ3) is 2.05. The number of halogens is 1. The molecule has 1 aliphatic carbocycles. The largest absolute Gasteiger partial charge is 0.384 e. The van der Waals surface area contributed by atoms with E-state index in [2.05, 4.69) is 21.0 Å². The van der Waals surface area contributed by atoms with E-state index >= 15 is 0 Å². The van der Waals surface area contributed by atoms with E-state index in [1.165, 1.54) is 25.7 Å². The summed E-state index contributed by atoms with van der Waals surface area (Å²) in [6, 6.07) is 10.0. The standard InChI is InChI=1S/C14H16BrN3/c15-11-7-3-4-8-13(11)18-14(16)9-12(17-18)10-5-1-2-6-10/h3-4,7-10H,1-2,5-6,16H2. The number of nitrogens with zero attached hydrogens (tertiary/aromatic N) is 2. The molecule has 0 radical (unpaired) electrons. The first kappa shape index (κ1) is 11.8. The van der Waals surface area contributed by atoms with Crippen LogP contribution in [-0.4, -0.2) is 9.78 Å². The van der Waals surface area contributed by atoms with Crippen LogP contribution in [0, 0.1) is 0 Å². The summed E-state index contributed by atoms with van der Waals surface area (Å²) >= 11 is 3.54. The molecule has 0 spiro atoms. The molecule has 0 bridgehead atoms. The van der Waals surface area contributed by atoms with Gasteiger partial charge in [0.25, 0.3) is 0 Å². The Bertz CT molecular complexity index is 556. The van der Waals surface area contributed by atoms with E-state index in [0.29, 0.717) is 11.7 Å². The van der Waals surface area contributed by atoms with Crippen LogP contribution in [0.5, 0.6) is 0 Å². The van der Waals surface area contributed by atoms with Gasteiger partial charge < -0.3 is 5.73 Å². The highest BCUT2D eigenvalue weighted by atomic mass is 79.9. The predicted molar refractivity (Wildman–Crippen MR) is 76.9 cm³/mol. The third-order valence-electron chi connectivity index (χ3n) is 3.61. The van der Waals surface area contributed by atoms with Crippen molar-refractivity contribution in [1.29, 1.82) is 0 Å². The first-order valence-electron chi connectivity index (χ1n) is 6.36. The Morgan fingerprint density at radius 2 is 1.94 bits per heavy atom. The molecule has 0 unspecified atom stereocenters. The Balaban J connectivity index is 2.00. The average Bonchev–Trinajstić information content (AvgIpc) is 2.99. The monoisotopic (exact) mass is 305 g/mol.